The molecule has 4 heteroatoms. The molecule has 1 saturated carbocycles. The molecule has 1 aromatic carbocycles. The van der Waals surface area contributed by atoms with Gasteiger partial charge in [-0.2, -0.15) is 4.39 Å². The average Bonchev–Trinajstić information content (AvgIpc) is 2.71. The quantitative estimate of drug-likeness (QED) is 0.879. The topological polar surface area (TPSA) is 38.7 Å². The van der Waals surface area contributed by atoms with Crippen molar-refractivity contribution in [1.29, 1.82) is 0 Å². The molecule has 1 N–H and O–H groups in total. The standard InChI is InChI=1S/C14H17FO3/c1-2-17-11-6-5-10-9-4-3-8(16)7-12(9)18-14(10)13(11)15/h5-6,8-9,12,16H,2-4,7H2,1H3/t8?,9-,12?/m0/s1. The fraction of sp³-hybridized carbons (Fsp3) is 0.571. The maximum Gasteiger partial charge on any atom is 0.207 e. The number of aliphatic hydroxyl groups is 1. The summed E-state index contributed by atoms with van der Waals surface area (Å²) >= 11 is 0. The minimum Gasteiger partial charge on any atom is -0.491 e. The van der Waals surface area contributed by atoms with E-state index in [2.05, 4.69) is 0 Å². The van der Waals surface area contributed by atoms with Crippen LogP contribution in [0, 0.1) is 5.82 Å². The van der Waals surface area contributed by atoms with E-state index in [9.17, 15) is 9.50 Å². The first-order valence-electron chi connectivity index (χ1n) is 6.50. The van der Waals surface area contributed by atoms with Crippen molar-refractivity contribution in [1.82, 2.24) is 0 Å². The minimum absolute atomic E-state index is 0.0878. The summed E-state index contributed by atoms with van der Waals surface area (Å²) in [6.45, 7) is 2.25. The second-order valence-corrected chi connectivity index (χ2v) is 4.96. The van der Waals surface area contributed by atoms with Crippen LogP contribution in [0.1, 0.15) is 37.7 Å². The lowest BCUT2D eigenvalue weighted by Crippen LogP contribution is -2.30. The molecule has 0 spiro atoms. The third-order valence-electron chi connectivity index (χ3n) is 3.82. The Kier molecular flexibility index (Phi) is 2.90. The number of benzene rings is 1. The maximum atomic E-state index is 14.2. The van der Waals surface area contributed by atoms with Gasteiger partial charge < -0.3 is 14.6 Å². The van der Waals surface area contributed by atoms with Crippen LogP contribution < -0.4 is 9.47 Å². The van der Waals surface area contributed by atoms with Crippen LogP contribution in [-0.2, 0) is 0 Å². The number of ether oxygens (including phenoxy) is 2. The fourth-order valence-electron chi connectivity index (χ4n) is 2.98. The summed E-state index contributed by atoms with van der Waals surface area (Å²) in [6.07, 6.45) is 1.79. The molecular formula is C14H17FO3. The summed E-state index contributed by atoms with van der Waals surface area (Å²) < 4.78 is 25.1. The Hall–Kier alpha value is -1.29. The lowest BCUT2D eigenvalue weighted by atomic mass is 9.82. The van der Waals surface area contributed by atoms with Crippen LogP contribution in [-0.4, -0.2) is 23.9 Å². The maximum absolute atomic E-state index is 14.2. The van der Waals surface area contributed by atoms with Crippen LogP contribution >= 0.6 is 0 Å². The molecular weight excluding hydrogens is 235 g/mol. The number of rotatable bonds is 2. The molecule has 0 bridgehead atoms. The van der Waals surface area contributed by atoms with Gasteiger partial charge in [0.05, 0.1) is 12.7 Å². The second-order valence-electron chi connectivity index (χ2n) is 4.96. The van der Waals surface area contributed by atoms with E-state index in [-0.39, 0.29) is 23.9 Å². The minimum atomic E-state index is -0.404. The van der Waals surface area contributed by atoms with Gasteiger partial charge >= 0.3 is 0 Å². The van der Waals surface area contributed by atoms with E-state index in [1.54, 1.807) is 6.07 Å². The van der Waals surface area contributed by atoms with Crippen molar-refractivity contribution >= 4 is 0 Å². The van der Waals surface area contributed by atoms with Gasteiger partial charge in [-0.3, -0.25) is 0 Å². The highest BCUT2D eigenvalue weighted by molar-refractivity contribution is 5.48. The summed E-state index contributed by atoms with van der Waals surface area (Å²) in [7, 11) is 0. The number of halogens is 1. The summed E-state index contributed by atoms with van der Waals surface area (Å²) in [5, 5.41) is 9.64. The Morgan fingerprint density at radius 3 is 3.06 bits per heavy atom. The van der Waals surface area contributed by atoms with Gasteiger partial charge in [-0.05, 0) is 25.8 Å². The van der Waals surface area contributed by atoms with E-state index in [0.717, 1.165) is 18.4 Å². The molecule has 0 radical (unpaired) electrons. The number of fused-ring (bicyclic) bond motifs is 3. The molecule has 2 aliphatic rings. The van der Waals surface area contributed by atoms with Crippen molar-refractivity contribution in [2.45, 2.75) is 44.3 Å². The molecule has 3 atom stereocenters. The molecule has 18 heavy (non-hydrogen) atoms. The largest absolute Gasteiger partial charge is 0.491 e. The molecule has 1 fully saturated rings. The van der Waals surface area contributed by atoms with E-state index in [4.69, 9.17) is 9.47 Å². The summed E-state index contributed by atoms with van der Waals surface area (Å²) in [5.74, 6) is 0.382. The molecule has 1 aliphatic carbocycles. The molecule has 3 nitrogen and oxygen atoms in total. The molecule has 1 aromatic rings. The monoisotopic (exact) mass is 252 g/mol. The van der Waals surface area contributed by atoms with Crippen LogP contribution in [0.3, 0.4) is 0 Å². The van der Waals surface area contributed by atoms with Crippen molar-refractivity contribution in [3.8, 4) is 11.5 Å². The number of aliphatic hydroxyl groups excluding tert-OH is 1. The third kappa shape index (κ3) is 1.75. The van der Waals surface area contributed by atoms with Crippen molar-refractivity contribution in [2.24, 2.45) is 0 Å². The van der Waals surface area contributed by atoms with Crippen molar-refractivity contribution in [3.05, 3.63) is 23.5 Å². The fourth-order valence-corrected chi connectivity index (χ4v) is 2.98. The zero-order valence-electron chi connectivity index (χ0n) is 10.4. The van der Waals surface area contributed by atoms with Crippen LogP contribution in [0.25, 0.3) is 0 Å². The van der Waals surface area contributed by atoms with Crippen LogP contribution in [0.2, 0.25) is 0 Å². The van der Waals surface area contributed by atoms with Gasteiger partial charge in [0.15, 0.2) is 11.5 Å². The Bertz CT molecular complexity index is 461. The predicted molar refractivity (Wildman–Crippen MR) is 64.6 cm³/mol. The predicted octanol–water partition coefficient (Wildman–Crippen LogP) is 2.61. The van der Waals surface area contributed by atoms with Crippen molar-refractivity contribution in [3.63, 3.8) is 0 Å². The number of hydrogen-bond donors (Lipinski definition) is 1. The highest BCUT2D eigenvalue weighted by atomic mass is 19.1. The SMILES string of the molecule is CCOc1ccc2c(c1F)OC1CC(O)CC[C@@H]21. The molecule has 1 aliphatic heterocycles. The highest BCUT2D eigenvalue weighted by Gasteiger charge is 2.40. The zero-order chi connectivity index (χ0) is 12.7. The molecule has 0 aromatic heterocycles. The summed E-state index contributed by atoms with van der Waals surface area (Å²) in [6, 6.07) is 3.57. The zero-order valence-corrected chi connectivity index (χ0v) is 10.4. The lowest BCUT2D eigenvalue weighted by Gasteiger charge is -2.27. The smallest absolute Gasteiger partial charge is 0.207 e. The normalized spacial score (nSPS) is 29.4. The van der Waals surface area contributed by atoms with Gasteiger partial charge in [-0.25, -0.2) is 0 Å². The lowest BCUT2D eigenvalue weighted by molar-refractivity contribution is 0.0537. The molecule has 1 heterocycles. The Morgan fingerprint density at radius 2 is 2.28 bits per heavy atom. The molecule has 3 rings (SSSR count). The van der Waals surface area contributed by atoms with E-state index < -0.39 is 5.82 Å². The Labute approximate surface area is 106 Å². The molecule has 0 amide bonds. The van der Waals surface area contributed by atoms with Gasteiger partial charge in [-0.15, -0.1) is 0 Å². The number of hydrogen-bond acceptors (Lipinski definition) is 3. The van der Waals surface area contributed by atoms with Crippen molar-refractivity contribution < 1.29 is 19.0 Å². The van der Waals surface area contributed by atoms with Crippen LogP contribution in [0.4, 0.5) is 4.39 Å². The van der Waals surface area contributed by atoms with Crippen LogP contribution in [0.15, 0.2) is 12.1 Å². The molecule has 2 unspecified atom stereocenters. The first-order chi connectivity index (χ1) is 8.70. The van der Waals surface area contributed by atoms with Crippen molar-refractivity contribution in [2.75, 3.05) is 6.61 Å². The van der Waals surface area contributed by atoms with Gasteiger partial charge in [-0.1, -0.05) is 6.07 Å². The van der Waals surface area contributed by atoms with E-state index in [1.165, 1.54) is 0 Å². The van der Waals surface area contributed by atoms with E-state index in [0.29, 0.717) is 18.8 Å². The molecule has 98 valence electrons. The van der Waals surface area contributed by atoms with Gasteiger partial charge in [0.25, 0.3) is 0 Å². The average molecular weight is 252 g/mol. The third-order valence-corrected chi connectivity index (χ3v) is 3.82. The van der Waals surface area contributed by atoms with Gasteiger partial charge in [0, 0.05) is 17.9 Å². The van der Waals surface area contributed by atoms with Crippen LogP contribution in [0.5, 0.6) is 11.5 Å². The highest BCUT2D eigenvalue weighted by Crippen LogP contribution is 2.48. The molecule has 0 saturated heterocycles. The van der Waals surface area contributed by atoms with E-state index >= 15 is 0 Å². The summed E-state index contributed by atoms with van der Waals surface area (Å²) in [4.78, 5) is 0. The Balaban J connectivity index is 1.94. The second kappa shape index (κ2) is 4.43. The first-order valence-corrected chi connectivity index (χ1v) is 6.50. The first kappa shape index (κ1) is 11.8. The van der Waals surface area contributed by atoms with Gasteiger partial charge in [0.2, 0.25) is 5.82 Å². The summed E-state index contributed by atoms with van der Waals surface area (Å²) in [5.41, 5.74) is 0.924. The van der Waals surface area contributed by atoms with E-state index in [1.807, 2.05) is 13.0 Å². The van der Waals surface area contributed by atoms with Gasteiger partial charge in [0.1, 0.15) is 6.10 Å². The Morgan fingerprint density at radius 1 is 1.44 bits per heavy atom.